The van der Waals surface area contributed by atoms with E-state index in [9.17, 15) is 4.79 Å². The molecule has 1 heterocycles. The van der Waals surface area contributed by atoms with Gasteiger partial charge in [0.05, 0.1) is 0 Å². The Kier molecular flexibility index (Phi) is 4.14. The Labute approximate surface area is 129 Å². The highest BCUT2D eigenvalue weighted by Crippen LogP contribution is 2.26. The second-order valence-corrected chi connectivity index (χ2v) is 4.57. The third-order valence-corrected chi connectivity index (χ3v) is 3.35. The van der Waals surface area contributed by atoms with Crippen molar-refractivity contribution in [1.82, 2.24) is 0 Å². The summed E-state index contributed by atoms with van der Waals surface area (Å²) in [6.45, 7) is 0. The van der Waals surface area contributed by atoms with E-state index in [4.69, 9.17) is 0 Å². The van der Waals surface area contributed by atoms with Crippen molar-refractivity contribution in [3.8, 4) is 0 Å². The molecule has 0 saturated heterocycles. The van der Waals surface area contributed by atoms with Crippen LogP contribution in [0, 0.1) is 0 Å². The number of halogens is 1. The largest absolute Gasteiger partial charge is 1.00 e. The van der Waals surface area contributed by atoms with Gasteiger partial charge in [0.15, 0.2) is 12.0 Å². The number of Topliss-reactive ketones (excluding diaryl/α,β-unsaturated/α-hetero) is 1. The second kappa shape index (κ2) is 5.65. The van der Waals surface area contributed by atoms with Crippen molar-refractivity contribution in [3.63, 3.8) is 0 Å². The van der Waals surface area contributed by atoms with Gasteiger partial charge in [0, 0.05) is 35.8 Å². The van der Waals surface area contributed by atoms with E-state index in [1.807, 2.05) is 66.4 Å². The fraction of sp³-hybridized carbons (Fsp3) is 0.125. The Morgan fingerprint density at radius 1 is 1.11 bits per heavy atom. The van der Waals surface area contributed by atoms with Crippen LogP contribution in [0.4, 0.5) is 0 Å². The fourth-order valence-corrected chi connectivity index (χ4v) is 2.34. The molecular weight excluding hydrogens is 349 g/mol. The molecule has 0 saturated carbocycles. The van der Waals surface area contributed by atoms with E-state index in [1.54, 1.807) is 0 Å². The molecule has 3 heteroatoms. The Bertz CT molecular complexity index is 661. The number of hydrogen-bond acceptors (Lipinski definition) is 1. The van der Waals surface area contributed by atoms with Crippen LogP contribution in [-0.2, 0) is 13.5 Å². The van der Waals surface area contributed by atoms with Gasteiger partial charge in [-0.25, -0.2) is 4.57 Å². The number of carbonyl (C=O) groups is 1. The molecule has 1 aliphatic rings. The van der Waals surface area contributed by atoms with Gasteiger partial charge in [0.1, 0.15) is 7.05 Å². The molecule has 0 amide bonds. The SMILES string of the molecule is C[n+]1ccccc1C=C1Cc2ccccc2C1=O.[I-]. The highest BCUT2D eigenvalue weighted by Gasteiger charge is 2.24. The quantitative estimate of drug-likeness (QED) is 0.374. The van der Waals surface area contributed by atoms with Gasteiger partial charge in [-0.3, -0.25) is 4.79 Å². The Balaban J connectivity index is 0.00000133. The minimum absolute atomic E-state index is 0. The second-order valence-electron chi connectivity index (χ2n) is 4.57. The van der Waals surface area contributed by atoms with Gasteiger partial charge in [0.2, 0.25) is 5.69 Å². The van der Waals surface area contributed by atoms with E-state index >= 15 is 0 Å². The molecule has 96 valence electrons. The van der Waals surface area contributed by atoms with Crippen molar-refractivity contribution in [2.45, 2.75) is 6.42 Å². The summed E-state index contributed by atoms with van der Waals surface area (Å²) in [4.78, 5) is 12.2. The third kappa shape index (κ3) is 2.61. The zero-order valence-electron chi connectivity index (χ0n) is 10.6. The van der Waals surface area contributed by atoms with Crippen molar-refractivity contribution >= 4 is 11.9 Å². The van der Waals surface area contributed by atoms with Crippen molar-refractivity contribution in [1.29, 1.82) is 0 Å². The lowest BCUT2D eigenvalue weighted by Gasteiger charge is -1.95. The van der Waals surface area contributed by atoms with E-state index in [2.05, 4.69) is 0 Å². The van der Waals surface area contributed by atoms with E-state index in [-0.39, 0.29) is 29.8 Å². The van der Waals surface area contributed by atoms with Gasteiger partial charge >= 0.3 is 0 Å². The van der Waals surface area contributed by atoms with Crippen molar-refractivity contribution in [2.75, 3.05) is 0 Å². The third-order valence-electron chi connectivity index (χ3n) is 3.35. The zero-order valence-corrected chi connectivity index (χ0v) is 12.8. The molecule has 1 aromatic carbocycles. The van der Waals surface area contributed by atoms with Crippen LogP contribution in [0.5, 0.6) is 0 Å². The van der Waals surface area contributed by atoms with Crippen molar-refractivity contribution in [3.05, 3.63) is 71.1 Å². The lowest BCUT2D eigenvalue weighted by molar-refractivity contribution is -0.673. The summed E-state index contributed by atoms with van der Waals surface area (Å²) in [5, 5.41) is 0. The summed E-state index contributed by atoms with van der Waals surface area (Å²) in [6.07, 6.45) is 4.71. The van der Waals surface area contributed by atoms with Crippen molar-refractivity contribution < 1.29 is 33.3 Å². The molecule has 0 radical (unpaired) electrons. The van der Waals surface area contributed by atoms with Crippen LogP contribution >= 0.6 is 0 Å². The van der Waals surface area contributed by atoms with Crippen LogP contribution in [-0.4, -0.2) is 5.78 Å². The van der Waals surface area contributed by atoms with E-state index in [0.29, 0.717) is 0 Å². The molecule has 3 rings (SSSR count). The van der Waals surface area contributed by atoms with Crippen LogP contribution in [0.15, 0.2) is 54.2 Å². The van der Waals surface area contributed by atoms with Gasteiger partial charge < -0.3 is 24.0 Å². The molecule has 0 unspecified atom stereocenters. The number of aryl methyl sites for hydroxylation is 1. The molecule has 0 atom stereocenters. The summed E-state index contributed by atoms with van der Waals surface area (Å²) in [7, 11) is 1.99. The Morgan fingerprint density at radius 3 is 2.58 bits per heavy atom. The van der Waals surface area contributed by atoms with Gasteiger partial charge in [-0.1, -0.05) is 24.3 Å². The van der Waals surface area contributed by atoms with Crippen LogP contribution in [0.25, 0.3) is 6.08 Å². The van der Waals surface area contributed by atoms with Gasteiger partial charge in [-0.05, 0) is 11.6 Å². The topological polar surface area (TPSA) is 20.9 Å². The van der Waals surface area contributed by atoms with Crippen molar-refractivity contribution in [2.24, 2.45) is 7.05 Å². The van der Waals surface area contributed by atoms with Gasteiger partial charge in [0.25, 0.3) is 0 Å². The van der Waals surface area contributed by atoms with Gasteiger partial charge in [-0.2, -0.15) is 0 Å². The minimum Gasteiger partial charge on any atom is -1.00 e. The molecule has 19 heavy (non-hydrogen) atoms. The summed E-state index contributed by atoms with van der Waals surface area (Å²) in [5.41, 5.74) is 3.90. The van der Waals surface area contributed by atoms with Crippen LogP contribution in [0.1, 0.15) is 21.6 Å². The highest BCUT2D eigenvalue weighted by atomic mass is 127. The maximum atomic E-state index is 12.2. The number of benzene rings is 1. The predicted octanol–water partition coefficient (Wildman–Crippen LogP) is -0.662. The molecule has 2 nitrogen and oxygen atoms in total. The molecule has 0 fully saturated rings. The number of hydrogen-bond donors (Lipinski definition) is 0. The van der Waals surface area contributed by atoms with Gasteiger partial charge in [-0.15, -0.1) is 0 Å². The number of carbonyl (C=O) groups excluding carboxylic acids is 1. The van der Waals surface area contributed by atoms with Crippen LogP contribution in [0.3, 0.4) is 0 Å². The number of aromatic nitrogens is 1. The Hall–Kier alpha value is -1.49. The first-order chi connectivity index (χ1) is 8.75. The first kappa shape index (κ1) is 13.9. The number of allylic oxidation sites excluding steroid dienone is 1. The minimum atomic E-state index is 0. The first-order valence-corrected chi connectivity index (χ1v) is 6.03. The molecular formula is C16H14INO. The summed E-state index contributed by atoms with van der Waals surface area (Å²) >= 11 is 0. The monoisotopic (exact) mass is 363 g/mol. The van der Waals surface area contributed by atoms with E-state index in [1.165, 1.54) is 0 Å². The molecule has 1 aromatic heterocycles. The molecule has 0 bridgehead atoms. The van der Waals surface area contributed by atoms with Crippen LogP contribution < -0.4 is 28.5 Å². The average molecular weight is 363 g/mol. The predicted molar refractivity (Wildman–Crippen MR) is 70.1 cm³/mol. The molecule has 0 aliphatic heterocycles. The number of fused-ring (bicyclic) bond motifs is 1. The number of ketones is 1. The number of pyridine rings is 1. The van der Waals surface area contributed by atoms with Crippen LogP contribution in [0.2, 0.25) is 0 Å². The summed E-state index contributed by atoms with van der Waals surface area (Å²) < 4.78 is 2.02. The van der Waals surface area contributed by atoms with E-state index in [0.717, 1.165) is 28.8 Å². The standard InChI is InChI=1S/C16H14NO.HI/c1-17-9-5-4-7-14(17)11-13-10-12-6-2-3-8-15(12)16(13)18;/h2-9,11H,10H2,1H3;1H/q+1;/p-1. The summed E-state index contributed by atoms with van der Waals surface area (Å²) in [6, 6.07) is 13.8. The van der Waals surface area contributed by atoms with E-state index < -0.39 is 0 Å². The average Bonchev–Trinajstić information content (AvgIpc) is 2.70. The number of rotatable bonds is 1. The lowest BCUT2D eigenvalue weighted by atomic mass is 10.1. The Morgan fingerprint density at radius 2 is 1.84 bits per heavy atom. The molecule has 1 aliphatic carbocycles. The fourth-order valence-electron chi connectivity index (χ4n) is 2.34. The number of nitrogens with zero attached hydrogens (tertiary/aromatic N) is 1. The summed E-state index contributed by atoms with van der Waals surface area (Å²) in [5.74, 6) is 0.162. The smallest absolute Gasteiger partial charge is 0.205 e. The lowest BCUT2D eigenvalue weighted by Crippen LogP contribution is -3.00. The molecule has 2 aromatic rings. The first-order valence-electron chi connectivity index (χ1n) is 6.03. The normalized spacial score (nSPS) is 15.2. The maximum Gasteiger partial charge on any atom is 0.205 e. The molecule has 0 spiro atoms. The maximum absolute atomic E-state index is 12.2. The zero-order chi connectivity index (χ0) is 12.5. The highest BCUT2D eigenvalue weighted by molar-refractivity contribution is 6.15. The molecule has 0 N–H and O–H groups in total.